The van der Waals surface area contributed by atoms with Crippen LogP contribution in [0.3, 0.4) is 0 Å². The molecule has 0 saturated heterocycles. The monoisotopic (exact) mass is 244 g/mol. The highest BCUT2D eigenvalue weighted by Crippen LogP contribution is 2.20. The van der Waals surface area contributed by atoms with Gasteiger partial charge in [-0.15, -0.1) is 0 Å². The van der Waals surface area contributed by atoms with Gasteiger partial charge in [0.05, 0.1) is 0 Å². The minimum absolute atomic E-state index is 0.223. The summed E-state index contributed by atoms with van der Waals surface area (Å²) in [7, 11) is 0. The van der Waals surface area contributed by atoms with Crippen molar-refractivity contribution in [2.75, 3.05) is 0 Å². The fraction of sp³-hybridized carbons (Fsp3) is 0.500. The van der Waals surface area contributed by atoms with Crippen LogP contribution in [0.25, 0.3) is 10.9 Å². The molecule has 1 aromatic carbocycles. The zero-order valence-corrected chi connectivity index (χ0v) is 11.7. The topological polar surface area (TPSA) is 30.9 Å². The Hall–Kier alpha value is -1.28. The molecule has 2 atom stereocenters. The third-order valence-corrected chi connectivity index (χ3v) is 3.60. The second kappa shape index (κ2) is 5.57. The molecule has 0 amide bonds. The fourth-order valence-electron chi connectivity index (χ4n) is 2.35. The van der Waals surface area contributed by atoms with Crippen molar-refractivity contribution in [1.82, 2.24) is 4.57 Å². The number of rotatable bonds is 5. The highest BCUT2D eigenvalue weighted by Gasteiger charge is 2.06. The van der Waals surface area contributed by atoms with Crippen molar-refractivity contribution in [3.05, 3.63) is 36.0 Å². The molecular weight excluding hydrogens is 220 g/mol. The van der Waals surface area contributed by atoms with Crippen LogP contribution in [0.15, 0.2) is 30.5 Å². The van der Waals surface area contributed by atoms with Gasteiger partial charge in [-0.3, -0.25) is 0 Å². The molecule has 1 aromatic heterocycles. The van der Waals surface area contributed by atoms with E-state index in [0.717, 1.165) is 18.9 Å². The van der Waals surface area contributed by atoms with Crippen molar-refractivity contribution >= 4 is 10.9 Å². The molecule has 0 aliphatic carbocycles. The van der Waals surface area contributed by atoms with E-state index in [0.29, 0.717) is 0 Å². The molecule has 2 aromatic rings. The quantitative estimate of drug-likeness (QED) is 0.856. The first kappa shape index (κ1) is 13.2. The third-order valence-electron chi connectivity index (χ3n) is 3.60. The largest absolute Gasteiger partial charge is 0.347 e. The zero-order valence-electron chi connectivity index (χ0n) is 11.7. The van der Waals surface area contributed by atoms with Crippen LogP contribution in [0.4, 0.5) is 0 Å². The molecule has 0 fully saturated rings. The molecule has 0 radical (unpaired) electrons. The Balaban J connectivity index is 2.31. The minimum atomic E-state index is 0.223. The lowest BCUT2D eigenvalue weighted by Gasteiger charge is -2.12. The van der Waals surface area contributed by atoms with Crippen LogP contribution < -0.4 is 5.73 Å². The Morgan fingerprint density at radius 1 is 1.22 bits per heavy atom. The van der Waals surface area contributed by atoms with E-state index >= 15 is 0 Å². The number of aromatic nitrogens is 1. The Labute approximate surface area is 110 Å². The maximum atomic E-state index is 5.88. The Morgan fingerprint density at radius 3 is 2.67 bits per heavy atom. The van der Waals surface area contributed by atoms with E-state index in [1.807, 2.05) is 0 Å². The molecule has 2 N–H and O–H groups in total. The number of nitrogens with zero attached hydrogens (tertiary/aromatic N) is 1. The van der Waals surface area contributed by atoms with Gasteiger partial charge in [0.1, 0.15) is 0 Å². The highest BCUT2D eigenvalue weighted by atomic mass is 15.0. The van der Waals surface area contributed by atoms with E-state index in [1.165, 1.54) is 22.9 Å². The van der Waals surface area contributed by atoms with Gasteiger partial charge in [-0.2, -0.15) is 0 Å². The lowest BCUT2D eigenvalue weighted by atomic mass is 10.1. The standard InChI is InChI=1S/C16H24N2/c1-4-12(2)11-18-8-7-15-6-5-14(9-13(3)17)10-16(15)18/h5-8,10,12-13H,4,9,11,17H2,1-3H3. The molecule has 0 aliphatic rings. The molecule has 18 heavy (non-hydrogen) atoms. The van der Waals surface area contributed by atoms with Crippen molar-refractivity contribution < 1.29 is 0 Å². The van der Waals surface area contributed by atoms with E-state index in [2.05, 4.69) is 55.8 Å². The van der Waals surface area contributed by atoms with Crippen LogP contribution >= 0.6 is 0 Å². The van der Waals surface area contributed by atoms with Gasteiger partial charge in [0.25, 0.3) is 0 Å². The number of hydrogen-bond donors (Lipinski definition) is 1. The van der Waals surface area contributed by atoms with Crippen molar-refractivity contribution in [2.45, 2.75) is 46.2 Å². The lowest BCUT2D eigenvalue weighted by molar-refractivity contribution is 0.477. The van der Waals surface area contributed by atoms with Gasteiger partial charge >= 0.3 is 0 Å². The highest BCUT2D eigenvalue weighted by molar-refractivity contribution is 5.80. The van der Waals surface area contributed by atoms with Crippen molar-refractivity contribution in [3.63, 3.8) is 0 Å². The first-order valence-electron chi connectivity index (χ1n) is 6.93. The molecule has 0 bridgehead atoms. The molecule has 98 valence electrons. The average molecular weight is 244 g/mol. The first-order chi connectivity index (χ1) is 8.60. The van der Waals surface area contributed by atoms with Crippen LogP contribution in [-0.4, -0.2) is 10.6 Å². The van der Waals surface area contributed by atoms with Crippen LogP contribution in [-0.2, 0) is 13.0 Å². The number of fused-ring (bicyclic) bond motifs is 1. The molecule has 0 aliphatic heterocycles. The van der Waals surface area contributed by atoms with Gasteiger partial charge in [0.15, 0.2) is 0 Å². The normalized spacial score (nSPS) is 14.9. The second-order valence-electron chi connectivity index (χ2n) is 5.56. The predicted octanol–water partition coefficient (Wildman–Crippen LogP) is 3.58. The summed E-state index contributed by atoms with van der Waals surface area (Å²) in [6.45, 7) is 7.71. The maximum absolute atomic E-state index is 5.88. The predicted molar refractivity (Wildman–Crippen MR) is 78.7 cm³/mol. The third kappa shape index (κ3) is 2.94. The Morgan fingerprint density at radius 2 is 2.00 bits per heavy atom. The van der Waals surface area contributed by atoms with E-state index in [1.54, 1.807) is 0 Å². The molecule has 2 unspecified atom stereocenters. The van der Waals surface area contributed by atoms with Gasteiger partial charge < -0.3 is 10.3 Å². The first-order valence-corrected chi connectivity index (χ1v) is 6.93. The SMILES string of the molecule is CCC(C)Cn1ccc2ccc(CC(C)N)cc21. The summed E-state index contributed by atoms with van der Waals surface area (Å²) in [4.78, 5) is 0. The smallest absolute Gasteiger partial charge is 0.0483 e. The van der Waals surface area contributed by atoms with E-state index in [-0.39, 0.29) is 6.04 Å². The number of nitrogens with two attached hydrogens (primary N) is 1. The summed E-state index contributed by atoms with van der Waals surface area (Å²) in [5.74, 6) is 0.720. The van der Waals surface area contributed by atoms with Crippen LogP contribution in [0.5, 0.6) is 0 Å². The number of benzene rings is 1. The van der Waals surface area contributed by atoms with E-state index < -0.39 is 0 Å². The molecular formula is C16H24N2. The van der Waals surface area contributed by atoms with Gasteiger partial charge in [-0.05, 0) is 42.3 Å². The van der Waals surface area contributed by atoms with Crippen molar-refractivity contribution in [2.24, 2.45) is 11.7 Å². The summed E-state index contributed by atoms with van der Waals surface area (Å²) in [5.41, 5.74) is 8.55. The summed E-state index contributed by atoms with van der Waals surface area (Å²) in [5, 5.41) is 1.33. The average Bonchev–Trinajstić information content (AvgIpc) is 2.71. The van der Waals surface area contributed by atoms with Crippen molar-refractivity contribution in [3.8, 4) is 0 Å². The zero-order chi connectivity index (χ0) is 13.1. The summed E-state index contributed by atoms with van der Waals surface area (Å²) in [6.07, 6.45) is 4.37. The van der Waals surface area contributed by atoms with Crippen LogP contribution in [0.2, 0.25) is 0 Å². The summed E-state index contributed by atoms with van der Waals surface area (Å²) < 4.78 is 2.37. The van der Waals surface area contributed by atoms with E-state index in [4.69, 9.17) is 5.73 Å². The molecule has 0 spiro atoms. The van der Waals surface area contributed by atoms with E-state index in [9.17, 15) is 0 Å². The number of hydrogen-bond acceptors (Lipinski definition) is 1. The molecule has 2 rings (SSSR count). The Kier molecular flexibility index (Phi) is 4.07. The fourth-order valence-corrected chi connectivity index (χ4v) is 2.35. The molecule has 2 heteroatoms. The molecule has 1 heterocycles. The van der Waals surface area contributed by atoms with Crippen molar-refractivity contribution in [1.29, 1.82) is 0 Å². The van der Waals surface area contributed by atoms with Gasteiger partial charge in [-0.25, -0.2) is 0 Å². The Bertz CT molecular complexity index is 511. The van der Waals surface area contributed by atoms with Crippen LogP contribution in [0.1, 0.15) is 32.8 Å². The van der Waals surface area contributed by atoms with Crippen LogP contribution in [0, 0.1) is 5.92 Å². The molecule has 0 saturated carbocycles. The minimum Gasteiger partial charge on any atom is -0.347 e. The lowest BCUT2D eigenvalue weighted by Crippen LogP contribution is -2.17. The van der Waals surface area contributed by atoms with Gasteiger partial charge in [0, 0.05) is 24.3 Å². The molecule has 2 nitrogen and oxygen atoms in total. The maximum Gasteiger partial charge on any atom is 0.0483 e. The summed E-state index contributed by atoms with van der Waals surface area (Å²) >= 11 is 0. The van der Waals surface area contributed by atoms with Gasteiger partial charge in [-0.1, -0.05) is 32.4 Å². The second-order valence-corrected chi connectivity index (χ2v) is 5.56. The summed E-state index contributed by atoms with van der Waals surface area (Å²) in [6, 6.07) is 9.12. The van der Waals surface area contributed by atoms with Gasteiger partial charge in [0.2, 0.25) is 0 Å².